The molecule has 0 aliphatic rings. The van der Waals surface area contributed by atoms with Crippen molar-refractivity contribution in [2.75, 3.05) is 14.2 Å². The number of hydrogen-bond acceptors (Lipinski definition) is 6. The van der Waals surface area contributed by atoms with Crippen LogP contribution in [0.1, 0.15) is 41.3 Å². The first kappa shape index (κ1) is 23.9. The maximum atomic E-state index is 12.2. The number of carbonyl (C=O) groups is 1. The Bertz CT molecular complexity index is 1130. The number of carbonyl (C=O) groups excluding carboxylic acids is 1. The molecule has 0 aromatic heterocycles. The molecule has 8 heteroatoms. The molecule has 0 unspecified atom stereocenters. The maximum Gasteiger partial charge on any atom is 0.271 e. The molecule has 0 saturated carbocycles. The Morgan fingerprint density at radius 3 is 2.21 bits per heavy atom. The molecule has 0 saturated heterocycles. The second-order valence-electron chi connectivity index (χ2n) is 7.45. The number of aromatic hydroxyl groups is 1. The molecule has 0 radical (unpaired) electrons. The van der Waals surface area contributed by atoms with E-state index in [0.29, 0.717) is 34.5 Å². The number of methoxy groups -OCH3 is 2. The van der Waals surface area contributed by atoms with E-state index in [1.807, 2.05) is 24.3 Å². The Morgan fingerprint density at radius 2 is 1.67 bits per heavy atom. The van der Waals surface area contributed by atoms with Gasteiger partial charge in [0, 0.05) is 11.1 Å². The predicted octanol–water partition coefficient (Wildman–Crippen LogP) is 5.74. The van der Waals surface area contributed by atoms with Gasteiger partial charge < -0.3 is 19.3 Å². The first-order chi connectivity index (χ1) is 15.8. The van der Waals surface area contributed by atoms with Crippen LogP contribution in [0.5, 0.6) is 28.7 Å². The van der Waals surface area contributed by atoms with Gasteiger partial charge in [-0.1, -0.05) is 37.6 Å². The Balaban J connectivity index is 1.78. The van der Waals surface area contributed by atoms with Gasteiger partial charge in [0.15, 0.2) is 11.5 Å². The lowest BCUT2D eigenvalue weighted by molar-refractivity contribution is 0.0955. The summed E-state index contributed by atoms with van der Waals surface area (Å²) in [5.41, 5.74) is 4.51. The highest BCUT2D eigenvalue weighted by molar-refractivity contribution is 6.32. The van der Waals surface area contributed by atoms with Crippen LogP contribution in [0.4, 0.5) is 0 Å². The molecule has 172 valence electrons. The summed E-state index contributed by atoms with van der Waals surface area (Å²) < 4.78 is 17.0. The summed E-state index contributed by atoms with van der Waals surface area (Å²) >= 11 is 5.84. The fraction of sp³-hybridized carbons (Fsp3) is 0.200. The minimum Gasteiger partial charge on any atom is -0.506 e. The number of nitrogens with zero attached hydrogens (tertiary/aromatic N) is 1. The molecule has 0 spiro atoms. The third-order valence-electron chi connectivity index (χ3n) is 4.84. The minimum atomic E-state index is -0.475. The largest absolute Gasteiger partial charge is 0.506 e. The lowest BCUT2D eigenvalue weighted by atomic mass is 10.0. The highest BCUT2D eigenvalue weighted by Crippen LogP contribution is 2.41. The maximum absolute atomic E-state index is 12.2. The molecular weight excluding hydrogens is 444 g/mol. The van der Waals surface area contributed by atoms with Gasteiger partial charge in [0.05, 0.1) is 25.5 Å². The number of rotatable bonds is 8. The monoisotopic (exact) mass is 468 g/mol. The van der Waals surface area contributed by atoms with Crippen LogP contribution < -0.4 is 19.6 Å². The quantitative estimate of drug-likeness (QED) is 0.325. The van der Waals surface area contributed by atoms with E-state index in [4.69, 9.17) is 25.8 Å². The standard InChI is InChI=1S/C25H25ClN2O5/c1-15(2)17-5-8-19(9-6-17)33-24-22(31-3)11-16(12-23(24)32-4)14-27-28-25(30)18-7-10-21(29)20(26)13-18/h5-15,29H,1-4H3,(H,28,30)/b27-14+. The third-order valence-corrected chi connectivity index (χ3v) is 5.14. The lowest BCUT2D eigenvalue weighted by Crippen LogP contribution is -2.17. The molecule has 33 heavy (non-hydrogen) atoms. The smallest absolute Gasteiger partial charge is 0.271 e. The van der Waals surface area contributed by atoms with Crippen LogP contribution in [-0.2, 0) is 0 Å². The first-order valence-electron chi connectivity index (χ1n) is 10.2. The zero-order chi connectivity index (χ0) is 24.0. The van der Waals surface area contributed by atoms with Crippen LogP contribution in [0.3, 0.4) is 0 Å². The summed E-state index contributed by atoms with van der Waals surface area (Å²) in [5, 5.41) is 13.5. The Kier molecular flexibility index (Phi) is 7.79. The molecule has 0 fully saturated rings. The van der Waals surface area contributed by atoms with Crippen molar-refractivity contribution in [3.8, 4) is 28.7 Å². The lowest BCUT2D eigenvalue weighted by Gasteiger charge is -2.15. The van der Waals surface area contributed by atoms with Gasteiger partial charge in [-0.05, 0) is 53.9 Å². The number of nitrogens with one attached hydrogen (secondary N) is 1. The van der Waals surface area contributed by atoms with Crippen LogP contribution in [0.15, 0.2) is 59.7 Å². The van der Waals surface area contributed by atoms with Gasteiger partial charge in [-0.3, -0.25) is 4.79 Å². The number of benzene rings is 3. The normalized spacial score (nSPS) is 11.0. The molecule has 3 rings (SSSR count). The molecule has 0 atom stereocenters. The molecule has 0 bridgehead atoms. The summed E-state index contributed by atoms with van der Waals surface area (Å²) in [6.07, 6.45) is 1.45. The van der Waals surface area contributed by atoms with Crippen LogP contribution in [-0.4, -0.2) is 31.4 Å². The average molecular weight is 469 g/mol. The van der Waals surface area contributed by atoms with Crippen LogP contribution in [0.25, 0.3) is 0 Å². The topological polar surface area (TPSA) is 89.4 Å². The Hall–Kier alpha value is -3.71. The third kappa shape index (κ3) is 5.96. The summed E-state index contributed by atoms with van der Waals surface area (Å²) in [4.78, 5) is 12.2. The summed E-state index contributed by atoms with van der Waals surface area (Å²) in [6, 6.07) is 15.4. The first-order valence-corrected chi connectivity index (χ1v) is 10.6. The fourth-order valence-corrected chi connectivity index (χ4v) is 3.17. The molecule has 3 aromatic carbocycles. The van der Waals surface area contributed by atoms with E-state index in [9.17, 15) is 9.90 Å². The van der Waals surface area contributed by atoms with Gasteiger partial charge in [0.25, 0.3) is 5.91 Å². The van der Waals surface area contributed by atoms with Crippen LogP contribution in [0, 0.1) is 0 Å². The zero-order valence-electron chi connectivity index (χ0n) is 18.8. The number of halogens is 1. The van der Waals surface area contributed by atoms with Crippen molar-refractivity contribution in [3.05, 3.63) is 76.3 Å². The summed E-state index contributed by atoms with van der Waals surface area (Å²) in [7, 11) is 3.06. The Labute approximate surface area is 197 Å². The number of hydrazone groups is 1. The molecule has 7 nitrogen and oxygen atoms in total. The molecule has 0 heterocycles. The van der Waals surface area contributed by atoms with Gasteiger partial charge in [-0.15, -0.1) is 0 Å². The predicted molar refractivity (Wildman–Crippen MR) is 128 cm³/mol. The van der Waals surface area contributed by atoms with Gasteiger partial charge >= 0.3 is 0 Å². The van der Waals surface area contributed by atoms with Crippen molar-refractivity contribution in [3.63, 3.8) is 0 Å². The van der Waals surface area contributed by atoms with Crippen LogP contribution >= 0.6 is 11.6 Å². The van der Waals surface area contributed by atoms with Crippen molar-refractivity contribution in [1.29, 1.82) is 0 Å². The van der Waals surface area contributed by atoms with Crippen molar-refractivity contribution in [2.24, 2.45) is 5.10 Å². The summed E-state index contributed by atoms with van der Waals surface area (Å²) in [6.45, 7) is 4.26. The molecule has 1 amide bonds. The zero-order valence-corrected chi connectivity index (χ0v) is 19.5. The molecule has 0 aliphatic heterocycles. The van der Waals surface area contributed by atoms with E-state index in [1.165, 1.54) is 44.2 Å². The van der Waals surface area contributed by atoms with E-state index >= 15 is 0 Å². The highest BCUT2D eigenvalue weighted by Gasteiger charge is 2.15. The van der Waals surface area contributed by atoms with Crippen molar-refractivity contribution >= 4 is 23.7 Å². The van der Waals surface area contributed by atoms with Gasteiger partial charge in [0.1, 0.15) is 11.5 Å². The van der Waals surface area contributed by atoms with Gasteiger partial charge in [-0.25, -0.2) is 5.43 Å². The van der Waals surface area contributed by atoms with E-state index in [0.717, 1.165) is 0 Å². The minimum absolute atomic E-state index is 0.0792. The van der Waals surface area contributed by atoms with E-state index < -0.39 is 5.91 Å². The van der Waals surface area contributed by atoms with Crippen molar-refractivity contribution in [2.45, 2.75) is 19.8 Å². The second-order valence-corrected chi connectivity index (χ2v) is 7.85. The molecular formula is C25H25ClN2O5. The highest BCUT2D eigenvalue weighted by atomic mass is 35.5. The Morgan fingerprint density at radius 1 is 1.03 bits per heavy atom. The number of phenols is 1. The molecule has 3 aromatic rings. The fourth-order valence-electron chi connectivity index (χ4n) is 2.99. The van der Waals surface area contributed by atoms with Gasteiger partial charge in [-0.2, -0.15) is 5.10 Å². The number of amides is 1. The van der Waals surface area contributed by atoms with E-state index in [2.05, 4.69) is 24.4 Å². The number of phenolic OH excluding ortho intramolecular Hbond substituents is 1. The van der Waals surface area contributed by atoms with Crippen molar-refractivity contribution in [1.82, 2.24) is 5.43 Å². The number of hydrogen-bond donors (Lipinski definition) is 2. The van der Waals surface area contributed by atoms with E-state index in [-0.39, 0.29) is 16.3 Å². The van der Waals surface area contributed by atoms with E-state index in [1.54, 1.807) is 12.1 Å². The summed E-state index contributed by atoms with van der Waals surface area (Å²) in [5.74, 6) is 1.81. The van der Waals surface area contributed by atoms with Crippen molar-refractivity contribution < 1.29 is 24.1 Å². The molecule has 0 aliphatic carbocycles. The van der Waals surface area contributed by atoms with Crippen LogP contribution in [0.2, 0.25) is 5.02 Å². The number of ether oxygens (including phenoxy) is 3. The van der Waals surface area contributed by atoms with Gasteiger partial charge in [0.2, 0.25) is 5.75 Å². The SMILES string of the molecule is COc1cc(/C=N/NC(=O)c2ccc(O)c(Cl)c2)cc(OC)c1Oc1ccc(C(C)C)cc1. The molecule has 2 N–H and O–H groups in total. The second kappa shape index (κ2) is 10.7. The average Bonchev–Trinajstić information content (AvgIpc) is 2.81.